The van der Waals surface area contributed by atoms with Crippen molar-refractivity contribution in [3.05, 3.63) is 34.6 Å². The molecular weight excluding hydrogens is 375 g/mol. The normalized spacial score (nSPS) is 11.8. The molecule has 0 aliphatic carbocycles. The maximum absolute atomic E-state index is 12.6. The Labute approximate surface area is 153 Å². The molecule has 2 rings (SSSR count). The van der Waals surface area contributed by atoms with Gasteiger partial charge in [0.25, 0.3) is 0 Å². The molecule has 0 atom stereocenters. The van der Waals surface area contributed by atoms with Gasteiger partial charge in [-0.05, 0) is 19.9 Å². The first-order valence-corrected chi connectivity index (χ1v) is 8.28. The Morgan fingerprint density at radius 2 is 2.04 bits per heavy atom. The molecule has 0 fully saturated rings. The van der Waals surface area contributed by atoms with Gasteiger partial charge in [0.2, 0.25) is 11.8 Å². The van der Waals surface area contributed by atoms with E-state index in [1.165, 1.54) is 0 Å². The van der Waals surface area contributed by atoms with Gasteiger partial charge in [0.05, 0.1) is 31.4 Å². The summed E-state index contributed by atoms with van der Waals surface area (Å²) in [6, 6.07) is 0.774. The zero-order chi connectivity index (χ0) is 19.3. The van der Waals surface area contributed by atoms with E-state index in [9.17, 15) is 13.2 Å². The Hall–Kier alpha value is -2.00. The Balaban J connectivity index is 2.03. The van der Waals surface area contributed by atoms with Gasteiger partial charge in [-0.1, -0.05) is 11.6 Å². The van der Waals surface area contributed by atoms with E-state index in [4.69, 9.17) is 26.2 Å². The molecule has 2 heterocycles. The zero-order valence-corrected chi connectivity index (χ0v) is 15.0. The Bertz CT molecular complexity index is 735. The summed E-state index contributed by atoms with van der Waals surface area (Å²) in [6.45, 7) is 4.09. The molecule has 26 heavy (non-hydrogen) atoms. The first-order chi connectivity index (χ1) is 12.2. The third-order valence-electron chi connectivity index (χ3n) is 3.22. The highest BCUT2D eigenvalue weighted by molar-refractivity contribution is 6.31. The molecule has 10 heteroatoms. The van der Waals surface area contributed by atoms with E-state index in [1.54, 1.807) is 10.9 Å². The Morgan fingerprint density at radius 3 is 2.62 bits per heavy atom. The number of aliphatic hydroxyl groups is 1. The smallest absolute Gasteiger partial charge is 0.417 e. The number of hydrogen-bond donors (Lipinski definition) is 1. The van der Waals surface area contributed by atoms with Crippen LogP contribution in [0.2, 0.25) is 5.02 Å². The van der Waals surface area contributed by atoms with E-state index in [-0.39, 0.29) is 30.2 Å². The van der Waals surface area contributed by atoms with Crippen LogP contribution in [0.5, 0.6) is 11.8 Å². The molecule has 2 aromatic rings. The molecule has 0 saturated heterocycles. The third kappa shape index (κ3) is 5.50. The minimum absolute atomic E-state index is 0.0657. The number of hydrogen-bond acceptors (Lipinski definition) is 5. The predicted octanol–water partition coefficient (Wildman–Crippen LogP) is 3.35. The summed E-state index contributed by atoms with van der Waals surface area (Å²) in [6.07, 6.45) is -1.82. The fraction of sp³-hybridized carbons (Fsp3) is 0.500. The van der Waals surface area contributed by atoms with Crippen molar-refractivity contribution in [2.24, 2.45) is 0 Å². The summed E-state index contributed by atoms with van der Waals surface area (Å²) in [5.41, 5.74) is -0.192. The van der Waals surface area contributed by atoms with Crippen molar-refractivity contribution in [3.63, 3.8) is 0 Å². The van der Waals surface area contributed by atoms with Crippen LogP contribution in [0.15, 0.2) is 18.5 Å². The van der Waals surface area contributed by atoms with Crippen molar-refractivity contribution in [2.45, 2.75) is 39.1 Å². The second-order valence-corrected chi connectivity index (χ2v) is 6.13. The third-order valence-corrected chi connectivity index (χ3v) is 3.49. The van der Waals surface area contributed by atoms with E-state index >= 15 is 0 Å². The molecule has 0 bridgehead atoms. The number of aliphatic hydroxyl groups excluding tert-OH is 1. The summed E-state index contributed by atoms with van der Waals surface area (Å²) >= 11 is 5.81. The van der Waals surface area contributed by atoms with Crippen LogP contribution in [0.4, 0.5) is 13.2 Å². The van der Waals surface area contributed by atoms with Gasteiger partial charge in [0.15, 0.2) is 0 Å². The molecule has 144 valence electrons. The van der Waals surface area contributed by atoms with Gasteiger partial charge >= 0.3 is 6.18 Å². The molecule has 0 spiro atoms. The van der Waals surface area contributed by atoms with Crippen molar-refractivity contribution >= 4 is 11.6 Å². The second kappa shape index (κ2) is 8.59. The van der Waals surface area contributed by atoms with Gasteiger partial charge in [0, 0.05) is 24.4 Å². The van der Waals surface area contributed by atoms with Crippen molar-refractivity contribution in [3.8, 4) is 11.8 Å². The summed E-state index contributed by atoms with van der Waals surface area (Å²) in [4.78, 5) is 3.62. The number of halogens is 4. The molecule has 0 aliphatic rings. The topological polar surface area (TPSA) is 69.4 Å². The van der Waals surface area contributed by atoms with Crippen LogP contribution in [-0.4, -0.2) is 39.2 Å². The first-order valence-electron chi connectivity index (χ1n) is 7.90. The fourth-order valence-electron chi connectivity index (χ4n) is 2.10. The quantitative estimate of drug-likeness (QED) is 0.744. The Morgan fingerprint density at radius 1 is 1.31 bits per heavy atom. The lowest BCUT2D eigenvalue weighted by Gasteiger charge is -2.11. The predicted molar refractivity (Wildman–Crippen MR) is 88.5 cm³/mol. The van der Waals surface area contributed by atoms with Crippen molar-refractivity contribution in [1.82, 2.24) is 14.8 Å². The average molecular weight is 394 g/mol. The minimum Gasteiger partial charge on any atom is -0.476 e. The van der Waals surface area contributed by atoms with E-state index in [0.717, 1.165) is 11.6 Å². The van der Waals surface area contributed by atoms with Gasteiger partial charge in [-0.15, -0.1) is 5.10 Å². The van der Waals surface area contributed by atoms with E-state index in [2.05, 4.69) is 10.1 Å². The lowest BCUT2D eigenvalue weighted by Crippen LogP contribution is -2.10. The van der Waals surface area contributed by atoms with Crippen LogP contribution in [0.1, 0.15) is 25.0 Å². The van der Waals surface area contributed by atoms with Crippen LogP contribution in [-0.2, 0) is 19.1 Å². The number of alkyl halides is 3. The van der Waals surface area contributed by atoms with Gasteiger partial charge in [-0.2, -0.15) is 13.2 Å². The zero-order valence-electron chi connectivity index (χ0n) is 14.3. The SMILES string of the molecule is CC(C)Oc1nn(CCO)cc1CCOc1ncc(C(F)(F)F)cc1Cl. The molecule has 2 aromatic heterocycles. The molecule has 0 aliphatic heterocycles. The monoisotopic (exact) mass is 393 g/mol. The lowest BCUT2D eigenvalue weighted by atomic mass is 10.2. The van der Waals surface area contributed by atoms with Crippen LogP contribution in [0.25, 0.3) is 0 Å². The largest absolute Gasteiger partial charge is 0.476 e. The van der Waals surface area contributed by atoms with Crippen LogP contribution >= 0.6 is 11.6 Å². The summed E-state index contributed by atoms with van der Waals surface area (Å²) in [5.74, 6) is 0.345. The molecule has 0 radical (unpaired) electrons. The molecule has 0 aromatic carbocycles. The fourth-order valence-corrected chi connectivity index (χ4v) is 2.32. The van der Waals surface area contributed by atoms with E-state index < -0.39 is 11.7 Å². The van der Waals surface area contributed by atoms with Crippen molar-refractivity contribution in [2.75, 3.05) is 13.2 Å². The molecule has 0 amide bonds. The second-order valence-electron chi connectivity index (χ2n) is 5.72. The lowest BCUT2D eigenvalue weighted by molar-refractivity contribution is -0.137. The van der Waals surface area contributed by atoms with Crippen molar-refractivity contribution < 1.29 is 27.8 Å². The van der Waals surface area contributed by atoms with Gasteiger partial charge in [0.1, 0.15) is 5.02 Å². The molecule has 6 nitrogen and oxygen atoms in total. The number of ether oxygens (including phenoxy) is 2. The maximum atomic E-state index is 12.6. The maximum Gasteiger partial charge on any atom is 0.417 e. The number of aromatic nitrogens is 3. The molecule has 0 saturated carbocycles. The van der Waals surface area contributed by atoms with E-state index in [1.807, 2.05) is 13.8 Å². The van der Waals surface area contributed by atoms with E-state index in [0.29, 0.717) is 25.0 Å². The molecule has 0 unspecified atom stereocenters. The van der Waals surface area contributed by atoms with Gasteiger partial charge in [-0.25, -0.2) is 4.98 Å². The highest BCUT2D eigenvalue weighted by Crippen LogP contribution is 2.33. The standard InChI is InChI=1S/C16H19ClF3N3O3/c1-10(2)26-14-11(9-23(22-14)4-5-24)3-6-25-15-13(17)7-12(8-21-15)16(18,19)20/h7-10,24H,3-6H2,1-2H3. The van der Waals surface area contributed by atoms with Crippen molar-refractivity contribution in [1.29, 1.82) is 0 Å². The number of nitrogens with zero attached hydrogens (tertiary/aromatic N) is 3. The average Bonchev–Trinajstić information content (AvgIpc) is 2.89. The number of pyridine rings is 1. The minimum atomic E-state index is -4.51. The first kappa shape index (κ1) is 20.3. The van der Waals surface area contributed by atoms with Gasteiger partial charge in [-0.3, -0.25) is 4.68 Å². The van der Waals surface area contributed by atoms with Crippen LogP contribution < -0.4 is 9.47 Å². The summed E-state index contributed by atoms with van der Waals surface area (Å²) in [7, 11) is 0. The van der Waals surface area contributed by atoms with Gasteiger partial charge < -0.3 is 14.6 Å². The van der Waals surface area contributed by atoms with Crippen LogP contribution in [0, 0.1) is 0 Å². The highest BCUT2D eigenvalue weighted by atomic mass is 35.5. The van der Waals surface area contributed by atoms with Crippen LogP contribution in [0.3, 0.4) is 0 Å². The Kier molecular flexibility index (Phi) is 6.71. The number of rotatable bonds is 8. The summed E-state index contributed by atoms with van der Waals surface area (Å²) < 4.78 is 50.4. The molecular formula is C16H19ClF3N3O3. The molecule has 1 N–H and O–H groups in total. The summed E-state index contributed by atoms with van der Waals surface area (Å²) in [5, 5.41) is 13.0. The highest BCUT2D eigenvalue weighted by Gasteiger charge is 2.31.